The number of hydrogen-bond acceptors (Lipinski definition) is 6. The molecule has 1 amide bonds. The van der Waals surface area contributed by atoms with Crippen LogP contribution in [0.2, 0.25) is 0 Å². The highest BCUT2D eigenvalue weighted by atomic mass is 16.5. The number of nitrogens with zero attached hydrogens (tertiary/aromatic N) is 2. The fourth-order valence-electron chi connectivity index (χ4n) is 4.97. The van der Waals surface area contributed by atoms with Crippen molar-refractivity contribution in [3.05, 3.63) is 46.7 Å². The highest BCUT2D eigenvalue weighted by Gasteiger charge is 2.27. The Morgan fingerprint density at radius 2 is 1.87 bits per heavy atom. The molecule has 2 rings (SSSR count). The van der Waals surface area contributed by atoms with Crippen LogP contribution in [0.1, 0.15) is 58.9 Å². The van der Waals surface area contributed by atoms with Crippen LogP contribution in [0.25, 0.3) is 0 Å². The van der Waals surface area contributed by atoms with E-state index >= 15 is 0 Å². The normalized spacial score (nSPS) is 16.1. The van der Waals surface area contributed by atoms with Crippen molar-refractivity contribution >= 4 is 5.91 Å². The van der Waals surface area contributed by atoms with E-state index in [0.29, 0.717) is 12.3 Å². The van der Waals surface area contributed by atoms with Crippen LogP contribution in [0, 0.1) is 5.92 Å². The van der Waals surface area contributed by atoms with E-state index in [1.54, 1.807) is 28.4 Å². The second-order valence-electron chi connectivity index (χ2n) is 10.9. The highest BCUT2D eigenvalue weighted by molar-refractivity contribution is 5.80. The van der Waals surface area contributed by atoms with E-state index in [1.165, 1.54) is 11.1 Å². The van der Waals surface area contributed by atoms with Gasteiger partial charge in [0.2, 0.25) is 5.91 Å². The van der Waals surface area contributed by atoms with E-state index in [1.807, 2.05) is 26.0 Å². The lowest BCUT2D eigenvalue weighted by Gasteiger charge is -2.30. The van der Waals surface area contributed by atoms with Gasteiger partial charge in [-0.2, -0.15) is 0 Å². The number of amides is 1. The molecule has 1 heterocycles. The summed E-state index contributed by atoms with van der Waals surface area (Å²) in [5.74, 6) is 2.86. The molecule has 1 aliphatic rings. The number of allylic oxidation sites excluding steroid dienone is 1. The maximum Gasteiger partial charge on any atom is 0.227 e. The maximum absolute atomic E-state index is 13.4. The van der Waals surface area contributed by atoms with Crippen molar-refractivity contribution < 1.29 is 23.7 Å². The molecule has 1 aromatic rings. The summed E-state index contributed by atoms with van der Waals surface area (Å²) >= 11 is 0. The van der Waals surface area contributed by atoms with Gasteiger partial charge in [-0.15, -0.1) is 0 Å². The Morgan fingerprint density at radius 1 is 1.16 bits per heavy atom. The molecule has 0 fully saturated rings. The molecule has 0 bridgehead atoms. The second-order valence-corrected chi connectivity index (χ2v) is 10.9. The van der Waals surface area contributed by atoms with E-state index in [9.17, 15) is 4.79 Å². The zero-order valence-electron chi connectivity index (χ0n) is 25.2. The molecule has 0 aliphatic carbocycles. The number of rotatable bonds is 15. The lowest BCUT2D eigenvalue weighted by molar-refractivity contribution is -0.130. The van der Waals surface area contributed by atoms with Crippen molar-refractivity contribution in [3.8, 4) is 11.5 Å². The predicted molar refractivity (Wildman–Crippen MR) is 154 cm³/mol. The number of methoxy groups -OCH3 is 4. The van der Waals surface area contributed by atoms with E-state index < -0.39 is 5.60 Å². The molecule has 1 atom stereocenters. The van der Waals surface area contributed by atoms with Gasteiger partial charge >= 0.3 is 0 Å². The third kappa shape index (κ3) is 9.05. The molecule has 0 spiro atoms. The molecule has 7 heteroatoms. The first-order valence-electron chi connectivity index (χ1n) is 13.8. The first-order valence-corrected chi connectivity index (χ1v) is 13.8. The summed E-state index contributed by atoms with van der Waals surface area (Å²) in [7, 11) is 8.83. The first-order chi connectivity index (χ1) is 18.1. The number of hydrogen-bond donors (Lipinski definition) is 0. The summed E-state index contributed by atoms with van der Waals surface area (Å²) in [5, 5.41) is 0. The molecule has 0 saturated carbocycles. The van der Waals surface area contributed by atoms with E-state index in [0.717, 1.165) is 74.7 Å². The Hall–Kier alpha value is -2.51. The van der Waals surface area contributed by atoms with Gasteiger partial charge in [0.05, 0.1) is 27.8 Å². The molecule has 1 aromatic carbocycles. The van der Waals surface area contributed by atoms with Crippen LogP contribution in [0.4, 0.5) is 0 Å². The Labute approximate surface area is 230 Å². The molecule has 0 saturated heterocycles. The third-order valence-electron chi connectivity index (χ3n) is 7.60. The second kappa shape index (κ2) is 15.2. The summed E-state index contributed by atoms with van der Waals surface area (Å²) in [4.78, 5) is 17.8. The van der Waals surface area contributed by atoms with Crippen molar-refractivity contribution in [2.24, 2.45) is 5.92 Å². The zero-order valence-corrected chi connectivity index (χ0v) is 25.2. The monoisotopic (exact) mass is 530 g/mol. The lowest BCUT2D eigenvalue weighted by Crippen LogP contribution is -2.39. The molecular formula is C31H50N2O5. The zero-order chi connectivity index (χ0) is 28.3. The van der Waals surface area contributed by atoms with Crippen molar-refractivity contribution in [1.29, 1.82) is 0 Å². The minimum Gasteiger partial charge on any atom is -0.498 e. The molecule has 1 aliphatic heterocycles. The van der Waals surface area contributed by atoms with Crippen LogP contribution < -0.4 is 9.47 Å². The van der Waals surface area contributed by atoms with Gasteiger partial charge in [0, 0.05) is 33.3 Å². The lowest BCUT2D eigenvalue weighted by atomic mass is 9.99. The van der Waals surface area contributed by atoms with Gasteiger partial charge in [0.25, 0.3) is 0 Å². The summed E-state index contributed by atoms with van der Waals surface area (Å²) in [6, 6.07) is 6.11. The minimum atomic E-state index is -0.551. The molecule has 1 unspecified atom stereocenters. The van der Waals surface area contributed by atoms with Crippen LogP contribution in [-0.2, 0) is 20.7 Å². The van der Waals surface area contributed by atoms with E-state index in [4.69, 9.17) is 18.9 Å². The average molecular weight is 531 g/mol. The Kier molecular flexibility index (Phi) is 12.7. The number of ether oxygens (including phenoxy) is 4. The SMILES string of the molecule is CCCC(CN(C)CCc1ccc(OC)c(OC)c1)CN1CCC(C)=C(/C=C(/OC)C(C)(C)OC)CC1=O. The smallest absolute Gasteiger partial charge is 0.227 e. The summed E-state index contributed by atoms with van der Waals surface area (Å²) in [6.07, 6.45) is 6.40. The quantitative estimate of drug-likeness (QED) is 0.280. The number of likely N-dealkylation sites (N-methyl/N-ethyl adjacent to an activating group) is 1. The van der Waals surface area contributed by atoms with Crippen LogP contribution in [-0.4, -0.2) is 83.0 Å². The topological polar surface area (TPSA) is 60.5 Å². The fraction of sp³-hybridized carbons (Fsp3) is 0.645. The van der Waals surface area contributed by atoms with Gasteiger partial charge in [0.1, 0.15) is 11.4 Å². The van der Waals surface area contributed by atoms with Crippen molar-refractivity contribution in [2.75, 3.05) is 61.7 Å². The summed E-state index contributed by atoms with van der Waals surface area (Å²) in [6.45, 7) is 11.7. The Bertz CT molecular complexity index is 969. The van der Waals surface area contributed by atoms with Gasteiger partial charge in [0.15, 0.2) is 11.5 Å². The molecule has 0 aromatic heterocycles. The molecule has 7 nitrogen and oxygen atoms in total. The number of carbonyl (C=O) groups is 1. The first kappa shape index (κ1) is 31.7. The summed E-state index contributed by atoms with van der Waals surface area (Å²) < 4.78 is 22.1. The molecule has 214 valence electrons. The molecule has 38 heavy (non-hydrogen) atoms. The van der Waals surface area contributed by atoms with Crippen LogP contribution in [0.5, 0.6) is 11.5 Å². The summed E-state index contributed by atoms with van der Waals surface area (Å²) in [5.41, 5.74) is 2.95. The van der Waals surface area contributed by atoms with Crippen LogP contribution in [0.15, 0.2) is 41.2 Å². The largest absolute Gasteiger partial charge is 0.498 e. The highest BCUT2D eigenvalue weighted by Crippen LogP contribution is 2.29. The van der Waals surface area contributed by atoms with Crippen molar-refractivity contribution in [3.63, 3.8) is 0 Å². The van der Waals surface area contributed by atoms with Crippen molar-refractivity contribution in [1.82, 2.24) is 9.80 Å². The van der Waals surface area contributed by atoms with Crippen LogP contribution >= 0.6 is 0 Å². The van der Waals surface area contributed by atoms with E-state index in [-0.39, 0.29) is 5.91 Å². The fourth-order valence-corrected chi connectivity index (χ4v) is 4.97. The van der Waals surface area contributed by atoms with Crippen molar-refractivity contribution in [2.45, 2.75) is 65.4 Å². The number of carbonyl (C=O) groups excluding carboxylic acids is 1. The third-order valence-corrected chi connectivity index (χ3v) is 7.60. The van der Waals surface area contributed by atoms with Crippen LogP contribution in [0.3, 0.4) is 0 Å². The predicted octanol–water partition coefficient (Wildman–Crippen LogP) is 5.49. The maximum atomic E-state index is 13.4. The molecular weight excluding hydrogens is 480 g/mol. The minimum absolute atomic E-state index is 0.188. The number of benzene rings is 1. The average Bonchev–Trinajstić information content (AvgIpc) is 3.03. The molecule has 0 N–H and O–H groups in total. The van der Waals surface area contributed by atoms with Gasteiger partial charge < -0.3 is 28.7 Å². The standard InChI is InChI=1S/C31H50N2O5/c1-10-11-25(21-32(5)16-15-24-12-13-27(35-6)28(18-24)36-7)22-33-17-14-23(2)26(20-30(33)34)19-29(37-8)31(3,4)38-9/h12-13,18-19,25H,10-11,14-17,20-22H2,1-9H3/b29-19+. The van der Waals surface area contributed by atoms with Gasteiger partial charge in [-0.3, -0.25) is 4.79 Å². The molecule has 0 radical (unpaired) electrons. The van der Waals surface area contributed by atoms with Gasteiger partial charge in [-0.25, -0.2) is 0 Å². The van der Waals surface area contributed by atoms with E-state index in [2.05, 4.69) is 42.8 Å². The van der Waals surface area contributed by atoms with Gasteiger partial charge in [-0.1, -0.05) is 25.0 Å². The van der Waals surface area contributed by atoms with Gasteiger partial charge in [-0.05, 0) is 82.3 Å². The Morgan fingerprint density at radius 3 is 2.47 bits per heavy atom. The Balaban J connectivity index is 2.02.